The van der Waals surface area contributed by atoms with Crippen molar-refractivity contribution in [3.05, 3.63) is 18.4 Å². The monoisotopic (exact) mass is 252 g/mol. The van der Waals surface area contributed by atoms with Crippen molar-refractivity contribution in [1.29, 1.82) is 0 Å². The Morgan fingerprint density at radius 2 is 2.33 bits per heavy atom. The normalized spacial score (nSPS) is 20.8. The van der Waals surface area contributed by atoms with E-state index in [-0.39, 0.29) is 12.0 Å². The summed E-state index contributed by atoms with van der Waals surface area (Å²) in [5.41, 5.74) is 0.473. The van der Waals surface area contributed by atoms with E-state index in [1.54, 1.807) is 11.2 Å². The molecule has 100 valence electrons. The Morgan fingerprint density at radius 3 is 2.94 bits per heavy atom. The minimum Gasteiger partial charge on any atom is -0.451 e. The first-order chi connectivity index (χ1) is 8.46. The molecule has 1 aromatic heterocycles. The molecule has 1 amide bonds. The van der Waals surface area contributed by atoms with Gasteiger partial charge in [-0.2, -0.15) is 0 Å². The summed E-state index contributed by atoms with van der Waals surface area (Å²) in [6.07, 6.45) is 4.85. The van der Waals surface area contributed by atoms with Crippen molar-refractivity contribution in [3.63, 3.8) is 0 Å². The summed E-state index contributed by atoms with van der Waals surface area (Å²) in [4.78, 5) is 17.9. The van der Waals surface area contributed by atoms with E-state index in [1.807, 2.05) is 20.8 Å². The van der Waals surface area contributed by atoms with Gasteiger partial charge in [0.1, 0.15) is 11.9 Å². The van der Waals surface area contributed by atoms with Crippen LogP contribution in [-0.4, -0.2) is 34.7 Å². The molecule has 1 saturated heterocycles. The second-order valence-electron chi connectivity index (χ2n) is 5.68. The molecule has 2 heterocycles. The fraction of sp³-hybridized carbons (Fsp3) is 0.692. The zero-order chi connectivity index (χ0) is 13.2. The number of amides is 1. The number of carbonyl (C=O) groups excluding carboxylic acids is 1. The number of nitrogens with zero attached hydrogens (tertiary/aromatic N) is 2. The predicted octanol–water partition coefficient (Wildman–Crippen LogP) is 2.79. The first-order valence-electron chi connectivity index (χ1n) is 6.32. The Bertz CT molecular complexity index is 395. The summed E-state index contributed by atoms with van der Waals surface area (Å²) >= 11 is 0. The van der Waals surface area contributed by atoms with Gasteiger partial charge in [-0.25, -0.2) is 9.78 Å². The summed E-state index contributed by atoms with van der Waals surface area (Å²) in [7, 11) is 0. The molecule has 0 bridgehead atoms. The van der Waals surface area contributed by atoms with E-state index < -0.39 is 5.60 Å². The molecule has 1 fully saturated rings. The molecule has 18 heavy (non-hydrogen) atoms. The number of rotatable bonds is 1. The van der Waals surface area contributed by atoms with Gasteiger partial charge in [0.15, 0.2) is 6.39 Å². The molecule has 5 heteroatoms. The number of hydrogen-bond donors (Lipinski definition) is 0. The number of carbonyl (C=O) groups is 1. The van der Waals surface area contributed by atoms with E-state index in [0.717, 1.165) is 25.1 Å². The van der Waals surface area contributed by atoms with Gasteiger partial charge in [0, 0.05) is 19.0 Å². The fourth-order valence-electron chi connectivity index (χ4n) is 2.13. The molecule has 0 radical (unpaired) electrons. The van der Waals surface area contributed by atoms with Crippen LogP contribution in [0.4, 0.5) is 4.79 Å². The molecule has 1 aliphatic heterocycles. The van der Waals surface area contributed by atoms with Crippen molar-refractivity contribution in [3.8, 4) is 0 Å². The Kier molecular flexibility index (Phi) is 3.59. The first-order valence-corrected chi connectivity index (χ1v) is 6.32. The quantitative estimate of drug-likeness (QED) is 0.771. The van der Waals surface area contributed by atoms with Gasteiger partial charge in [-0.1, -0.05) is 0 Å². The van der Waals surface area contributed by atoms with Crippen LogP contribution in [0.5, 0.6) is 0 Å². The highest BCUT2D eigenvalue weighted by molar-refractivity contribution is 5.68. The minimum absolute atomic E-state index is 0.240. The van der Waals surface area contributed by atoms with Crippen molar-refractivity contribution < 1.29 is 13.9 Å². The van der Waals surface area contributed by atoms with Crippen LogP contribution in [0.2, 0.25) is 0 Å². The first kappa shape index (κ1) is 12.9. The topological polar surface area (TPSA) is 55.6 Å². The number of ether oxygens (including phenoxy) is 1. The molecule has 1 aliphatic rings. The standard InChI is InChI=1S/C13H20N2O3/c1-13(2,3)18-12(16)15-6-4-5-10(7-15)11-8-17-9-14-11/h8-10H,4-7H2,1-3H3/t10-/m0/s1. The Hall–Kier alpha value is -1.52. The summed E-state index contributed by atoms with van der Waals surface area (Å²) in [6.45, 7) is 7.04. The average molecular weight is 252 g/mol. The van der Waals surface area contributed by atoms with Crippen LogP contribution >= 0.6 is 0 Å². The Balaban J connectivity index is 1.96. The lowest BCUT2D eigenvalue weighted by Crippen LogP contribution is -2.42. The highest BCUT2D eigenvalue weighted by Gasteiger charge is 2.29. The van der Waals surface area contributed by atoms with Gasteiger partial charge >= 0.3 is 6.09 Å². The molecule has 1 aromatic rings. The van der Waals surface area contributed by atoms with Gasteiger partial charge in [-0.15, -0.1) is 0 Å². The van der Waals surface area contributed by atoms with E-state index >= 15 is 0 Å². The maximum absolute atomic E-state index is 12.0. The molecule has 2 rings (SSSR count). The second-order valence-corrected chi connectivity index (χ2v) is 5.68. The van der Waals surface area contributed by atoms with Crippen LogP contribution in [0.1, 0.15) is 45.2 Å². The summed E-state index contributed by atoms with van der Waals surface area (Å²) in [6, 6.07) is 0. The van der Waals surface area contributed by atoms with E-state index in [0.29, 0.717) is 6.54 Å². The maximum atomic E-state index is 12.0. The lowest BCUT2D eigenvalue weighted by molar-refractivity contribution is 0.0197. The molecular weight excluding hydrogens is 232 g/mol. The molecule has 0 saturated carbocycles. The van der Waals surface area contributed by atoms with Crippen molar-refractivity contribution >= 4 is 6.09 Å². The zero-order valence-corrected chi connectivity index (χ0v) is 11.2. The van der Waals surface area contributed by atoms with Gasteiger partial charge in [0.2, 0.25) is 0 Å². The van der Waals surface area contributed by atoms with Crippen LogP contribution in [-0.2, 0) is 4.74 Å². The van der Waals surface area contributed by atoms with Crippen molar-refractivity contribution in [2.24, 2.45) is 0 Å². The lowest BCUT2D eigenvalue weighted by atomic mass is 9.96. The van der Waals surface area contributed by atoms with E-state index in [2.05, 4.69) is 4.98 Å². The van der Waals surface area contributed by atoms with Gasteiger partial charge in [0.25, 0.3) is 0 Å². The number of aromatic nitrogens is 1. The number of hydrogen-bond acceptors (Lipinski definition) is 4. The van der Waals surface area contributed by atoms with Crippen LogP contribution in [0.3, 0.4) is 0 Å². The van der Waals surface area contributed by atoms with E-state index in [4.69, 9.17) is 9.15 Å². The van der Waals surface area contributed by atoms with Crippen LogP contribution < -0.4 is 0 Å². The summed E-state index contributed by atoms with van der Waals surface area (Å²) in [5.74, 6) is 0.255. The third kappa shape index (κ3) is 3.24. The Morgan fingerprint density at radius 1 is 1.56 bits per heavy atom. The third-order valence-electron chi connectivity index (χ3n) is 2.94. The second kappa shape index (κ2) is 5.00. The predicted molar refractivity (Wildman–Crippen MR) is 66.3 cm³/mol. The van der Waals surface area contributed by atoms with Crippen LogP contribution in [0, 0.1) is 0 Å². The SMILES string of the molecule is CC(C)(C)OC(=O)N1CCC[C@H](c2cocn2)C1. The maximum Gasteiger partial charge on any atom is 0.410 e. The number of piperidine rings is 1. The molecule has 0 spiro atoms. The molecule has 0 N–H and O–H groups in total. The molecule has 5 nitrogen and oxygen atoms in total. The average Bonchev–Trinajstić information content (AvgIpc) is 2.80. The van der Waals surface area contributed by atoms with Gasteiger partial charge < -0.3 is 14.1 Å². The smallest absolute Gasteiger partial charge is 0.410 e. The van der Waals surface area contributed by atoms with E-state index in [1.165, 1.54) is 6.39 Å². The molecule has 0 unspecified atom stereocenters. The van der Waals surface area contributed by atoms with Gasteiger partial charge in [-0.05, 0) is 33.6 Å². The minimum atomic E-state index is -0.447. The lowest BCUT2D eigenvalue weighted by Gasteiger charge is -2.33. The van der Waals surface area contributed by atoms with Gasteiger partial charge in [-0.3, -0.25) is 0 Å². The van der Waals surface area contributed by atoms with Crippen molar-refractivity contribution in [2.45, 2.75) is 45.1 Å². The Labute approximate surface area is 107 Å². The molecule has 0 aliphatic carbocycles. The van der Waals surface area contributed by atoms with Gasteiger partial charge in [0.05, 0.1) is 5.69 Å². The van der Waals surface area contributed by atoms with Crippen molar-refractivity contribution in [2.75, 3.05) is 13.1 Å². The van der Waals surface area contributed by atoms with Crippen molar-refractivity contribution in [1.82, 2.24) is 9.88 Å². The zero-order valence-electron chi connectivity index (χ0n) is 11.2. The van der Waals surface area contributed by atoms with E-state index in [9.17, 15) is 4.79 Å². The van der Waals surface area contributed by atoms with Crippen LogP contribution in [0.25, 0.3) is 0 Å². The third-order valence-corrected chi connectivity index (χ3v) is 2.94. The number of oxazole rings is 1. The summed E-state index contributed by atoms with van der Waals surface area (Å²) in [5, 5.41) is 0. The molecule has 0 aromatic carbocycles. The highest BCUT2D eigenvalue weighted by Crippen LogP contribution is 2.26. The largest absolute Gasteiger partial charge is 0.451 e. The highest BCUT2D eigenvalue weighted by atomic mass is 16.6. The van der Waals surface area contributed by atoms with Crippen LogP contribution in [0.15, 0.2) is 17.1 Å². The number of likely N-dealkylation sites (tertiary alicyclic amines) is 1. The summed E-state index contributed by atoms with van der Waals surface area (Å²) < 4.78 is 10.4. The fourth-order valence-corrected chi connectivity index (χ4v) is 2.13. The molecular formula is C13H20N2O3. The molecule has 1 atom stereocenters.